The van der Waals surface area contributed by atoms with E-state index in [2.05, 4.69) is 5.32 Å². The predicted octanol–water partition coefficient (Wildman–Crippen LogP) is 4.66. The van der Waals surface area contributed by atoms with Gasteiger partial charge in [0, 0.05) is 7.11 Å². The smallest absolute Gasteiger partial charge is 0.331 e. The lowest BCUT2D eigenvalue weighted by Gasteiger charge is -2.38. The average Bonchev–Trinajstić information content (AvgIpc) is 2.78. The monoisotopic (exact) mass is 441 g/mol. The van der Waals surface area contributed by atoms with Gasteiger partial charge in [0.1, 0.15) is 11.4 Å². The minimum Gasteiger partial charge on any atom is -0.464 e. The van der Waals surface area contributed by atoms with Gasteiger partial charge in [-0.2, -0.15) is 0 Å². The third-order valence-electron chi connectivity index (χ3n) is 6.49. The SMILES string of the molecule is CCOC(=O)C1(NC(=O)Cc2c(C)ccc(-c3ccc(F)cc3)c2C)CCC(OC)CC1. The number of esters is 1. The summed E-state index contributed by atoms with van der Waals surface area (Å²) < 4.78 is 24.1. The fourth-order valence-corrected chi connectivity index (χ4v) is 4.55. The molecular weight excluding hydrogens is 409 g/mol. The molecule has 0 unspecified atom stereocenters. The quantitative estimate of drug-likeness (QED) is 0.635. The van der Waals surface area contributed by atoms with Gasteiger partial charge < -0.3 is 14.8 Å². The second-order valence-corrected chi connectivity index (χ2v) is 8.50. The van der Waals surface area contributed by atoms with Gasteiger partial charge in [-0.3, -0.25) is 4.79 Å². The molecule has 172 valence electrons. The molecule has 0 saturated heterocycles. The molecule has 6 heteroatoms. The molecule has 2 aromatic carbocycles. The number of carbonyl (C=O) groups excluding carboxylic acids is 2. The van der Waals surface area contributed by atoms with E-state index in [4.69, 9.17) is 9.47 Å². The summed E-state index contributed by atoms with van der Waals surface area (Å²) in [5, 5.41) is 3.01. The van der Waals surface area contributed by atoms with Gasteiger partial charge in [-0.1, -0.05) is 24.3 Å². The van der Waals surface area contributed by atoms with Gasteiger partial charge in [0.05, 0.1) is 19.1 Å². The summed E-state index contributed by atoms with van der Waals surface area (Å²) >= 11 is 0. The van der Waals surface area contributed by atoms with Crippen LogP contribution in [0.5, 0.6) is 0 Å². The molecule has 1 aliphatic carbocycles. The number of amides is 1. The highest BCUT2D eigenvalue weighted by molar-refractivity contribution is 5.89. The van der Waals surface area contributed by atoms with Crippen molar-refractivity contribution < 1.29 is 23.5 Å². The van der Waals surface area contributed by atoms with E-state index >= 15 is 0 Å². The van der Waals surface area contributed by atoms with E-state index in [-0.39, 0.29) is 36.8 Å². The maximum Gasteiger partial charge on any atom is 0.331 e. The summed E-state index contributed by atoms with van der Waals surface area (Å²) in [6, 6.07) is 10.3. The van der Waals surface area contributed by atoms with E-state index in [1.54, 1.807) is 26.2 Å². The van der Waals surface area contributed by atoms with Crippen LogP contribution in [-0.4, -0.2) is 37.2 Å². The number of hydrogen-bond acceptors (Lipinski definition) is 4. The highest BCUT2D eigenvalue weighted by Crippen LogP contribution is 2.32. The van der Waals surface area contributed by atoms with E-state index in [1.807, 2.05) is 26.0 Å². The van der Waals surface area contributed by atoms with Crippen LogP contribution >= 0.6 is 0 Å². The van der Waals surface area contributed by atoms with Crippen LogP contribution < -0.4 is 5.32 Å². The number of carbonyl (C=O) groups is 2. The number of ether oxygens (including phenoxy) is 2. The van der Waals surface area contributed by atoms with Gasteiger partial charge in [-0.15, -0.1) is 0 Å². The lowest BCUT2D eigenvalue weighted by atomic mass is 9.80. The van der Waals surface area contributed by atoms with Crippen LogP contribution in [0.1, 0.15) is 49.3 Å². The Kier molecular flexibility index (Phi) is 7.67. The third kappa shape index (κ3) is 5.18. The molecule has 0 heterocycles. The average molecular weight is 442 g/mol. The maximum atomic E-state index is 13.3. The van der Waals surface area contributed by atoms with Crippen molar-refractivity contribution in [3.63, 3.8) is 0 Å². The van der Waals surface area contributed by atoms with Gasteiger partial charge >= 0.3 is 5.97 Å². The van der Waals surface area contributed by atoms with Crippen molar-refractivity contribution in [1.29, 1.82) is 0 Å². The number of halogens is 1. The fourth-order valence-electron chi connectivity index (χ4n) is 4.55. The topological polar surface area (TPSA) is 64.6 Å². The van der Waals surface area contributed by atoms with Crippen molar-refractivity contribution in [3.8, 4) is 11.1 Å². The van der Waals surface area contributed by atoms with Crippen molar-refractivity contribution in [1.82, 2.24) is 5.32 Å². The first-order valence-electron chi connectivity index (χ1n) is 11.2. The number of aryl methyl sites for hydroxylation is 1. The second kappa shape index (κ2) is 10.3. The Morgan fingerprint density at radius 2 is 1.75 bits per heavy atom. The van der Waals surface area contributed by atoms with Gasteiger partial charge in [-0.05, 0) is 86.4 Å². The number of methoxy groups -OCH3 is 1. The van der Waals surface area contributed by atoms with Gasteiger partial charge in [0.15, 0.2) is 0 Å². The summed E-state index contributed by atoms with van der Waals surface area (Å²) in [7, 11) is 1.67. The number of nitrogens with one attached hydrogen (secondary N) is 1. The van der Waals surface area contributed by atoms with Crippen LogP contribution in [0, 0.1) is 19.7 Å². The lowest BCUT2D eigenvalue weighted by molar-refractivity contribution is -0.156. The molecule has 3 rings (SSSR count). The largest absolute Gasteiger partial charge is 0.464 e. The Balaban J connectivity index is 1.83. The first-order chi connectivity index (χ1) is 15.3. The molecule has 1 amide bonds. The molecule has 0 bridgehead atoms. The molecule has 1 aliphatic rings. The molecule has 0 spiro atoms. The Morgan fingerprint density at radius 3 is 2.34 bits per heavy atom. The second-order valence-electron chi connectivity index (χ2n) is 8.50. The number of benzene rings is 2. The zero-order chi connectivity index (χ0) is 23.3. The lowest BCUT2D eigenvalue weighted by Crippen LogP contribution is -2.58. The van der Waals surface area contributed by atoms with Crippen molar-refractivity contribution in [2.45, 2.75) is 64.5 Å². The van der Waals surface area contributed by atoms with E-state index in [9.17, 15) is 14.0 Å². The van der Waals surface area contributed by atoms with Crippen molar-refractivity contribution in [2.24, 2.45) is 0 Å². The molecule has 32 heavy (non-hydrogen) atoms. The highest BCUT2D eigenvalue weighted by Gasteiger charge is 2.44. The number of hydrogen-bond donors (Lipinski definition) is 1. The molecule has 2 aromatic rings. The summed E-state index contributed by atoms with van der Waals surface area (Å²) in [6.45, 7) is 5.97. The van der Waals surface area contributed by atoms with Crippen LogP contribution in [0.2, 0.25) is 0 Å². The fraction of sp³-hybridized carbons (Fsp3) is 0.462. The van der Waals surface area contributed by atoms with E-state index in [0.717, 1.165) is 27.8 Å². The van der Waals surface area contributed by atoms with Crippen molar-refractivity contribution in [2.75, 3.05) is 13.7 Å². The Bertz CT molecular complexity index is 963. The zero-order valence-electron chi connectivity index (χ0n) is 19.3. The molecule has 1 saturated carbocycles. The Morgan fingerprint density at radius 1 is 1.09 bits per heavy atom. The van der Waals surface area contributed by atoms with E-state index < -0.39 is 5.54 Å². The van der Waals surface area contributed by atoms with Crippen LogP contribution in [-0.2, 0) is 25.5 Å². The molecule has 0 radical (unpaired) electrons. The zero-order valence-corrected chi connectivity index (χ0v) is 19.3. The maximum absolute atomic E-state index is 13.3. The predicted molar refractivity (Wildman–Crippen MR) is 122 cm³/mol. The molecule has 1 N–H and O–H groups in total. The normalized spacial score (nSPS) is 20.6. The molecule has 0 aromatic heterocycles. The molecule has 5 nitrogen and oxygen atoms in total. The molecule has 0 aliphatic heterocycles. The summed E-state index contributed by atoms with van der Waals surface area (Å²) in [5.74, 6) is -0.877. The van der Waals surface area contributed by atoms with Gasteiger partial charge in [-0.25, -0.2) is 9.18 Å². The van der Waals surface area contributed by atoms with Crippen LogP contribution in [0.15, 0.2) is 36.4 Å². The van der Waals surface area contributed by atoms with Crippen LogP contribution in [0.25, 0.3) is 11.1 Å². The first-order valence-corrected chi connectivity index (χ1v) is 11.2. The molecule has 1 fully saturated rings. The molecule has 0 atom stereocenters. The first kappa shape index (κ1) is 23.9. The highest BCUT2D eigenvalue weighted by atomic mass is 19.1. The van der Waals surface area contributed by atoms with Crippen molar-refractivity contribution in [3.05, 3.63) is 58.9 Å². The minimum atomic E-state index is -1.02. The van der Waals surface area contributed by atoms with Gasteiger partial charge in [0.25, 0.3) is 0 Å². The van der Waals surface area contributed by atoms with E-state index in [0.29, 0.717) is 25.7 Å². The summed E-state index contributed by atoms with van der Waals surface area (Å²) in [4.78, 5) is 25.9. The molecular formula is C26H32FNO4. The number of rotatable bonds is 7. The van der Waals surface area contributed by atoms with Crippen LogP contribution in [0.4, 0.5) is 4.39 Å². The standard InChI is InChI=1S/C26H32FNO4/c1-5-32-25(30)26(14-12-21(31-4)13-15-26)28-24(29)16-23-17(2)6-11-22(18(23)3)19-7-9-20(27)10-8-19/h6-11,21H,5,12-16H2,1-4H3,(H,28,29). The summed E-state index contributed by atoms with van der Waals surface area (Å²) in [5.41, 5.74) is 3.72. The van der Waals surface area contributed by atoms with E-state index in [1.165, 1.54) is 12.1 Å². The minimum absolute atomic E-state index is 0.0892. The Labute approximate surface area is 189 Å². The summed E-state index contributed by atoms with van der Waals surface area (Å²) in [6.07, 6.45) is 2.60. The third-order valence-corrected chi connectivity index (χ3v) is 6.49. The van der Waals surface area contributed by atoms with Crippen LogP contribution in [0.3, 0.4) is 0 Å². The Hall–Kier alpha value is -2.73. The van der Waals surface area contributed by atoms with Gasteiger partial charge in [0.2, 0.25) is 5.91 Å². The van der Waals surface area contributed by atoms with Crippen molar-refractivity contribution >= 4 is 11.9 Å².